The molecule has 128 valence electrons. The van der Waals surface area contributed by atoms with Gasteiger partial charge in [-0.15, -0.1) is 0 Å². The van der Waals surface area contributed by atoms with Crippen LogP contribution in [-0.2, 0) is 11.0 Å². The highest BCUT2D eigenvalue weighted by atomic mass is 79.9. The molecule has 0 N–H and O–H groups in total. The summed E-state index contributed by atoms with van der Waals surface area (Å²) in [6, 6.07) is 0. The number of carbonyl (C=O) groups is 1. The van der Waals surface area contributed by atoms with Crippen molar-refractivity contribution in [1.82, 2.24) is 4.57 Å². The van der Waals surface area contributed by atoms with E-state index in [1.807, 2.05) is 11.5 Å². The number of ether oxygens (including phenoxy) is 1. The average molecular weight is 449 g/mol. The van der Waals surface area contributed by atoms with Gasteiger partial charge in [0, 0.05) is 22.9 Å². The number of hydrogen-bond donors (Lipinski definition) is 0. The highest BCUT2D eigenvalue weighted by Gasteiger charge is 2.48. The van der Waals surface area contributed by atoms with Gasteiger partial charge in [0.15, 0.2) is 11.5 Å². The van der Waals surface area contributed by atoms with Crippen LogP contribution in [-0.4, -0.2) is 22.8 Å². The normalized spacial score (nSPS) is 22.0. The van der Waals surface area contributed by atoms with Crippen molar-refractivity contribution >= 4 is 37.6 Å². The van der Waals surface area contributed by atoms with E-state index in [1.54, 1.807) is 0 Å². The van der Waals surface area contributed by atoms with Crippen LogP contribution < -0.4 is 10.2 Å². The van der Waals surface area contributed by atoms with Crippen molar-refractivity contribution in [3.8, 4) is 5.75 Å². The molecule has 23 heavy (non-hydrogen) atoms. The Morgan fingerprint density at radius 2 is 1.96 bits per heavy atom. The number of Topliss-reactive ketones (excluding diaryl/α,β-unsaturated/α-hetero) is 1. The number of aromatic nitrogens is 1. The number of nitrogens with zero attached hydrogens (tertiary/aromatic N) is 1. The lowest BCUT2D eigenvalue weighted by Gasteiger charge is -2.29. The van der Waals surface area contributed by atoms with E-state index in [0.717, 1.165) is 18.5 Å². The molecule has 1 aromatic rings. The lowest BCUT2D eigenvalue weighted by atomic mass is 9.83. The summed E-state index contributed by atoms with van der Waals surface area (Å²) in [5.41, 5.74) is 0.537. The molecule has 6 heteroatoms. The van der Waals surface area contributed by atoms with Gasteiger partial charge in [-0.2, -0.15) is 0 Å². The zero-order valence-electron chi connectivity index (χ0n) is 14.3. The number of fused-ring (bicyclic) bond motifs is 1. The van der Waals surface area contributed by atoms with E-state index >= 15 is 0 Å². The second-order valence-electron chi connectivity index (χ2n) is 7.07. The van der Waals surface area contributed by atoms with Crippen molar-refractivity contribution in [3.63, 3.8) is 0 Å². The number of hydrogen-bond acceptors (Lipinski definition) is 3. The minimum atomic E-state index is -0.291. The maximum Gasteiger partial charge on any atom is 0.238 e. The molecule has 1 atom stereocenters. The SMILES string of the molecule is CCCC(=O)c1c(OC)c(=O)c(Br)c2n1C(C)(CBr)CC2(C)C. The number of methoxy groups -OCH3 is 1. The smallest absolute Gasteiger partial charge is 0.238 e. The van der Waals surface area contributed by atoms with Gasteiger partial charge in [0.1, 0.15) is 5.69 Å². The van der Waals surface area contributed by atoms with Crippen molar-refractivity contribution in [1.29, 1.82) is 0 Å². The lowest BCUT2D eigenvalue weighted by molar-refractivity contribution is 0.0961. The van der Waals surface area contributed by atoms with E-state index in [0.29, 0.717) is 21.9 Å². The van der Waals surface area contributed by atoms with Crippen molar-refractivity contribution in [2.24, 2.45) is 0 Å². The Bertz CT molecular complexity index is 709. The monoisotopic (exact) mass is 447 g/mol. The molecule has 0 spiro atoms. The fourth-order valence-corrected chi connectivity index (χ4v) is 5.12. The van der Waals surface area contributed by atoms with Crippen LogP contribution in [0.4, 0.5) is 0 Å². The molecule has 1 aliphatic rings. The van der Waals surface area contributed by atoms with Gasteiger partial charge in [-0.3, -0.25) is 9.59 Å². The Hall–Kier alpha value is -0.620. The quantitative estimate of drug-likeness (QED) is 0.495. The molecule has 0 radical (unpaired) electrons. The van der Waals surface area contributed by atoms with Crippen LogP contribution in [0.5, 0.6) is 5.75 Å². The summed E-state index contributed by atoms with van der Waals surface area (Å²) in [4.78, 5) is 25.5. The Labute approximate surface area is 153 Å². The van der Waals surface area contributed by atoms with Gasteiger partial charge in [0.05, 0.1) is 17.1 Å². The number of carbonyl (C=O) groups excluding carboxylic acids is 1. The van der Waals surface area contributed by atoms with Gasteiger partial charge < -0.3 is 9.30 Å². The molecule has 1 aromatic heterocycles. The molecule has 0 fully saturated rings. The zero-order valence-corrected chi connectivity index (χ0v) is 17.4. The first-order chi connectivity index (χ1) is 10.6. The van der Waals surface area contributed by atoms with Crippen LogP contribution in [0, 0.1) is 0 Å². The number of pyridine rings is 1. The van der Waals surface area contributed by atoms with E-state index in [4.69, 9.17) is 4.74 Å². The molecule has 0 bridgehead atoms. The molecule has 1 unspecified atom stereocenters. The molecule has 0 saturated heterocycles. The summed E-state index contributed by atoms with van der Waals surface area (Å²) < 4.78 is 7.89. The minimum absolute atomic E-state index is 0.0416. The van der Waals surface area contributed by atoms with Gasteiger partial charge in [-0.1, -0.05) is 36.7 Å². The number of rotatable bonds is 5. The van der Waals surface area contributed by atoms with Crippen molar-refractivity contribution in [2.75, 3.05) is 12.4 Å². The summed E-state index contributed by atoms with van der Waals surface area (Å²) in [6.07, 6.45) is 1.97. The third kappa shape index (κ3) is 2.82. The molecular formula is C17H23Br2NO3. The summed E-state index contributed by atoms with van der Waals surface area (Å²) in [6.45, 7) is 8.29. The summed E-state index contributed by atoms with van der Waals surface area (Å²) in [5.74, 6) is 0.101. The molecule has 0 aromatic carbocycles. The third-order valence-electron chi connectivity index (χ3n) is 4.51. The molecule has 2 rings (SSSR count). The summed E-state index contributed by atoms with van der Waals surface area (Å²) in [5, 5.41) is 0.696. The van der Waals surface area contributed by atoms with E-state index in [1.165, 1.54) is 7.11 Å². The van der Waals surface area contributed by atoms with Gasteiger partial charge in [0.2, 0.25) is 5.43 Å². The highest BCUT2D eigenvalue weighted by Crippen LogP contribution is 2.49. The molecule has 0 aliphatic carbocycles. The van der Waals surface area contributed by atoms with Crippen molar-refractivity contribution in [3.05, 3.63) is 26.1 Å². The van der Waals surface area contributed by atoms with Crippen molar-refractivity contribution < 1.29 is 9.53 Å². The molecule has 0 saturated carbocycles. The van der Waals surface area contributed by atoms with Crippen LogP contribution >= 0.6 is 31.9 Å². The fraction of sp³-hybridized carbons (Fsp3) is 0.647. The first-order valence-electron chi connectivity index (χ1n) is 7.77. The van der Waals surface area contributed by atoms with Gasteiger partial charge in [0.25, 0.3) is 0 Å². The van der Waals surface area contributed by atoms with E-state index in [-0.39, 0.29) is 27.9 Å². The van der Waals surface area contributed by atoms with Gasteiger partial charge in [-0.25, -0.2) is 0 Å². The maximum absolute atomic E-state index is 12.8. The first-order valence-corrected chi connectivity index (χ1v) is 9.68. The zero-order chi connectivity index (χ0) is 17.6. The van der Waals surface area contributed by atoms with Crippen LogP contribution in [0.1, 0.15) is 63.1 Å². The fourth-order valence-electron chi connectivity index (χ4n) is 3.77. The van der Waals surface area contributed by atoms with Gasteiger partial charge >= 0.3 is 0 Å². The Kier molecular flexibility index (Phi) is 5.17. The second-order valence-corrected chi connectivity index (χ2v) is 8.43. The van der Waals surface area contributed by atoms with Crippen LogP contribution in [0.3, 0.4) is 0 Å². The van der Waals surface area contributed by atoms with Crippen LogP contribution in [0.15, 0.2) is 9.27 Å². The highest BCUT2D eigenvalue weighted by molar-refractivity contribution is 9.10. The predicted octanol–water partition coefficient (Wildman–Crippen LogP) is 4.39. The van der Waals surface area contributed by atoms with E-state index in [9.17, 15) is 9.59 Å². The maximum atomic E-state index is 12.8. The second kappa shape index (κ2) is 6.36. The number of ketones is 1. The Morgan fingerprint density at radius 1 is 1.35 bits per heavy atom. The minimum Gasteiger partial charge on any atom is -0.491 e. The van der Waals surface area contributed by atoms with E-state index < -0.39 is 0 Å². The molecular weight excluding hydrogens is 426 g/mol. The molecule has 4 nitrogen and oxygen atoms in total. The van der Waals surface area contributed by atoms with Gasteiger partial charge in [-0.05, 0) is 35.7 Å². The Balaban J connectivity index is 2.97. The molecule has 0 amide bonds. The summed E-state index contributed by atoms with van der Waals surface area (Å²) in [7, 11) is 1.45. The Morgan fingerprint density at radius 3 is 2.43 bits per heavy atom. The predicted molar refractivity (Wildman–Crippen MR) is 99.3 cm³/mol. The van der Waals surface area contributed by atoms with Crippen molar-refractivity contribution in [2.45, 2.75) is 57.9 Å². The molecule has 1 aliphatic heterocycles. The van der Waals surface area contributed by atoms with Crippen LogP contribution in [0.25, 0.3) is 0 Å². The third-order valence-corrected chi connectivity index (χ3v) is 6.46. The topological polar surface area (TPSA) is 48.3 Å². The summed E-state index contributed by atoms with van der Waals surface area (Å²) >= 11 is 7.06. The van der Waals surface area contributed by atoms with Crippen LogP contribution in [0.2, 0.25) is 0 Å². The number of alkyl halides is 1. The standard InChI is InChI=1S/C17H23Br2NO3/c1-6-7-10(21)12-14(23-5)13(22)11(19)15-16(2,3)8-17(4,9-18)20(12)15/h6-9H2,1-5H3. The lowest BCUT2D eigenvalue weighted by Crippen LogP contribution is -2.34. The molecule has 2 heterocycles. The first kappa shape index (κ1) is 18.7. The average Bonchev–Trinajstić information content (AvgIpc) is 2.69. The van der Waals surface area contributed by atoms with E-state index in [2.05, 4.69) is 52.6 Å². The number of halogens is 2. The largest absolute Gasteiger partial charge is 0.491 e.